The molecule has 3 heterocycles. The second-order valence-corrected chi connectivity index (χ2v) is 6.00. The van der Waals surface area contributed by atoms with Crippen molar-refractivity contribution in [2.24, 2.45) is 0 Å². The van der Waals surface area contributed by atoms with E-state index < -0.39 is 0 Å². The van der Waals surface area contributed by atoms with Crippen molar-refractivity contribution in [2.45, 2.75) is 20.8 Å². The third kappa shape index (κ3) is 3.57. The van der Waals surface area contributed by atoms with Gasteiger partial charge in [0.05, 0.1) is 6.20 Å². The lowest BCUT2D eigenvalue weighted by atomic mass is 10.2. The number of carbonyl (C=O) groups excluding carboxylic acids is 1. The molecule has 0 unspecified atom stereocenters. The molecule has 1 aliphatic rings. The smallest absolute Gasteiger partial charge is 0.259 e. The van der Waals surface area contributed by atoms with Crippen molar-refractivity contribution in [3.05, 3.63) is 29.7 Å². The van der Waals surface area contributed by atoms with Gasteiger partial charge in [0.2, 0.25) is 0 Å². The Labute approximate surface area is 147 Å². The van der Waals surface area contributed by atoms with Gasteiger partial charge in [-0.15, -0.1) is 10.2 Å². The van der Waals surface area contributed by atoms with Crippen molar-refractivity contribution in [3.63, 3.8) is 0 Å². The minimum Gasteiger partial charge on any atom is -0.361 e. The van der Waals surface area contributed by atoms with Crippen LogP contribution in [-0.4, -0.2) is 65.4 Å². The molecular formula is C17H24N6O2. The number of piperazine rings is 1. The topological polar surface area (TPSA) is 78.6 Å². The zero-order valence-electron chi connectivity index (χ0n) is 15.0. The molecular weight excluding hydrogens is 320 g/mol. The number of hydrogen-bond acceptors (Lipinski definition) is 7. The fraction of sp³-hybridized carbons (Fsp3) is 0.529. The van der Waals surface area contributed by atoms with Crippen LogP contribution >= 0.6 is 0 Å². The first-order valence-corrected chi connectivity index (χ1v) is 8.68. The Balaban J connectivity index is 1.60. The summed E-state index contributed by atoms with van der Waals surface area (Å²) in [5, 5.41) is 12.4. The van der Waals surface area contributed by atoms with Crippen LogP contribution in [0.15, 0.2) is 22.9 Å². The van der Waals surface area contributed by atoms with Crippen LogP contribution in [0.2, 0.25) is 0 Å². The molecule has 0 aromatic carbocycles. The van der Waals surface area contributed by atoms with E-state index in [4.69, 9.17) is 4.52 Å². The summed E-state index contributed by atoms with van der Waals surface area (Å²) >= 11 is 0. The number of aryl methyl sites for hydroxylation is 1. The van der Waals surface area contributed by atoms with E-state index in [-0.39, 0.29) is 5.91 Å². The number of carbonyl (C=O) groups is 1. The number of amides is 1. The summed E-state index contributed by atoms with van der Waals surface area (Å²) in [6.07, 6.45) is 1.49. The maximum atomic E-state index is 12.5. The molecule has 2 aromatic rings. The minimum atomic E-state index is -0.0265. The molecule has 0 bridgehead atoms. The molecule has 25 heavy (non-hydrogen) atoms. The van der Waals surface area contributed by atoms with Gasteiger partial charge in [0.1, 0.15) is 11.3 Å². The van der Waals surface area contributed by atoms with Gasteiger partial charge in [-0.05, 0) is 32.9 Å². The van der Waals surface area contributed by atoms with Gasteiger partial charge in [-0.1, -0.05) is 5.16 Å². The molecule has 0 atom stereocenters. The number of rotatable bonds is 5. The van der Waals surface area contributed by atoms with Gasteiger partial charge >= 0.3 is 0 Å². The van der Waals surface area contributed by atoms with E-state index in [1.54, 1.807) is 6.92 Å². The van der Waals surface area contributed by atoms with Crippen LogP contribution in [-0.2, 0) is 0 Å². The van der Waals surface area contributed by atoms with Gasteiger partial charge in [0.15, 0.2) is 11.6 Å². The van der Waals surface area contributed by atoms with Crippen molar-refractivity contribution >= 4 is 17.5 Å². The predicted molar refractivity (Wildman–Crippen MR) is 94.9 cm³/mol. The summed E-state index contributed by atoms with van der Waals surface area (Å²) in [6, 6.07) is 4.01. The zero-order chi connectivity index (χ0) is 17.8. The van der Waals surface area contributed by atoms with E-state index in [1.165, 1.54) is 6.20 Å². The Hall–Kier alpha value is -2.64. The molecule has 0 spiro atoms. The first kappa shape index (κ1) is 17.2. The van der Waals surface area contributed by atoms with Gasteiger partial charge in [0.25, 0.3) is 5.91 Å². The standard InChI is InChI=1S/C17H24N6O2/c1-4-21(5-2)15-6-7-16(20-19-15)22-8-10-23(11-9-22)17(24)14-12-18-25-13(14)3/h6-7,12H,4-5,8-11H2,1-3H3. The van der Waals surface area contributed by atoms with E-state index in [9.17, 15) is 4.79 Å². The highest BCUT2D eigenvalue weighted by Crippen LogP contribution is 2.18. The number of aromatic nitrogens is 3. The molecule has 1 aliphatic heterocycles. The molecule has 8 heteroatoms. The number of nitrogens with zero attached hydrogens (tertiary/aromatic N) is 6. The molecule has 0 N–H and O–H groups in total. The summed E-state index contributed by atoms with van der Waals surface area (Å²) in [7, 11) is 0. The lowest BCUT2D eigenvalue weighted by Gasteiger charge is -2.35. The van der Waals surface area contributed by atoms with Gasteiger partial charge in [-0.3, -0.25) is 4.79 Å². The van der Waals surface area contributed by atoms with Gasteiger partial charge in [-0.25, -0.2) is 0 Å². The number of hydrogen-bond donors (Lipinski definition) is 0. The lowest BCUT2D eigenvalue weighted by Crippen LogP contribution is -2.49. The fourth-order valence-corrected chi connectivity index (χ4v) is 3.02. The van der Waals surface area contributed by atoms with E-state index >= 15 is 0 Å². The van der Waals surface area contributed by atoms with E-state index in [0.717, 1.165) is 37.8 Å². The van der Waals surface area contributed by atoms with Crippen molar-refractivity contribution in [3.8, 4) is 0 Å². The van der Waals surface area contributed by atoms with Crippen LogP contribution in [0.4, 0.5) is 11.6 Å². The largest absolute Gasteiger partial charge is 0.361 e. The highest BCUT2D eigenvalue weighted by Gasteiger charge is 2.25. The molecule has 8 nitrogen and oxygen atoms in total. The highest BCUT2D eigenvalue weighted by atomic mass is 16.5. The number of anilines is 2. The lowest BCUT2D eigenvalue weighted by molar-refractivity contribution is 0.0744. The Morgan fingerprint density at radius 2 is 1.88 bits per heavy atom. The molecule has 134 valence electrons. The first-order chi connectivity index (χ1) is 12.1. The SMILES string of the molecule is CCN(CC)c1ccc(N2CCN(C(=O)c3cnoc3C)CC2)nn1. The molecule has 1 fully saturated rings. The van der Waals surface area contributed by atoms with Gasteiger partial charge in [0, 0.05) is 39.3 Å². The summed E-state index contributed by atoms with van der Waals surface area (Å²) in [6.45, 7) is 10.5. The second kappa shape index (κ2) is 7.50. The summed E-state index contributed by atoms with van der Waals surface area (Å²) in [5.41, 5.74) is 0.539. The predicted octanol–water partition coefficient (Wildman–Crippen LogP) is 1.58. The second-order valence-electron chi connectivity index (χ2n) is 6.00. The van der Waals surface area contributed by atoms with Crippen LogP contribution in [0.1, 0.15) is 30.0 Å². The quantitative estimate of drug-likeness (QED) is 0.815. The monoisotopic (exact) mass is 344 g/mol. The fourth-order valence-electron chi connectivity index (χ4n) is 3.02. The van der Waals surface area contributed by atoms with Crippen LogP contribution in [0, 0.1) is 6.92 Å². The van der Waals surface area contributed by atoms with E-state index in [1.807, 2.05) is 17.0 Å². The van der Waals surface area contributed by atoms with Gasteiger partial charge in [-0.2, -0.15) is 0 Å². The van der Waals surface area contributed by atoms with Crippen LogP contribution < -0.4 is 9.80 Å². The van der Waals surface area contributed by atoms with Crippen molar-refractivity contribution < 1.29 is 9.32 Å². The Kier molecular flexibility index (Phi) is 5.16. The van der Waals surface area contributed by atoms with Crippen LogP contribution in [0.5, 0.6) is 0 Å². The van der Waals surface area contributed by atoms with E-state index in [0.29, 0.717) is 24.4 Å². The van der Waals surface area contributed by atoms with Crippen molar-refractivity contribution in [1.29, 1.82) is 0 Å². The summed E-state index contributed by atoms with van der Waals surface area (Å²) in [4.78, 5) is 18.6. The molecule has 1 amide bonds. The normalized spacial score (nSPS) is 14.7. The average molecular weight is 344 g/mol. The molecule has 0 saturated carbocycles. The molecule has 1 saturated heterocycles. The average Bonchev–Trinajstić information content (AvgIpc) is 3.09. The first-order valence-electron chi connectivity index (χ1n) is 8.68. The third-order valence-corrected chi connectivity index (χ3v) is 4.60. The van der Waals surface area contributed by atoms with Crippen LogP contribution in [0.3, 0.4) is 0 Å². The Morgan fingerprint density at radius 1 is 1.16 bits per heavy atom. The highest BCUT2D eigenvalue weighted by molar-refractivity contribution is 5.94. The Bertz CT molecular complexity index is 702. The maximum absolute atomic E-state index is 12.5. The van der Waals surface area contributed by atoms with Crippen molar-refractivity contribution in [2.75, 3.05) is 49.1 Å². The zero-order valence-corrected chi connectivity index (χ0v) is 15.0. The summed E-state index contributed by atoms with van der Waals surface area (Å²) in [5.74, 6) is 2.28. The molecule has 0 aliphatic carbocycles. The maximum Gasteiger partial charge on any atom is 0.259 e. The van der Waals surface area contributed by atoms with E-state index in [2.05, 4.69) is 39.0 Å². The molecule has 0 radical (unpaired) electrons. The van der Waals surface area contributed by atoms with Gasteiger partial charge < -0.3 is 19.2 Å². The summed E-state index contributed by atoms with van der Waals surface area (Å²) < 4.78 is 4.99. The molecule has 2 aromatic heterocycles. The Morgan fingerprint density at radius 3 is 2.40 bits per heavy atom. The third-order valence-electron chi connectivity index (χ3n) is 4.60. The van der Waals surface area contributed by atoms with Crippen LogP contribution in [0.25, 0.3) is 0 Å². The van der Waals surface area contributed by atoms with Crippen molar-refractivity contribution in [1.82, 2.24) is 20.3 Å². The molecule has 3 rings (SSSR count). The minimum absolute atomic E-state index is 0.0265.